The summed E-state index contributed by atoms with van der Waals surface area (Å²) >= 11 is 0. The molecule has 152 valence electrons. The van der Waals surface area contributed by atoms with E-state index in [0.717, 1.165) is 56.8 Å². The summed E-state index contributed by atoms with van der Waals surface area (Å²) in [5.74, 6) is -0.160. The Hall–Kier alpha value is -2.25. The van der Waals surface area contributed by atoms with Crippen molar-refractivity contribution in [2.24, 2.45) is 0 Å². The molecule has 1 aromatic heterocycles. The zero-order valence-electron chi connectivity index (χ0n) is 17.2. The predicted octanol–water partition coefficient (Wildman–Crippen LogP) is 2.28. The van der Waals surface area contributed by atoms with E-state index in [1.165, 1.54) is 5.56 Å². The number of rotatable bonds is 8. The highest BCUT2D eigenvalue weighted by Gasteiger charge is 2.22. The third kappa shape index (κ3) is 4.97. The third-order valence-corrected chi connectivity index (χ3v) is 5.54. The van der Waals surface area contributed by atoms with Crippen LogP contribution in [-0.4, -0.2) is 52.0 Å². The van der Waals surface area contributed by atoms with Gasteiger partial charge in [0.15, 0.2) is 5.69 Å². The van der Waals surface area contributed by atoms with Crippen LogP contribution in [0.3, 0.4) is 0 Å². The number of nitrogens with one attached hydrogen (secondary N) is 2. The van der Waals surface area contributed by atoms with E-state index in [4.69, 9.17) is 0 Å². The molecule has 1 aromatic carbocycles. The molecule has 2 heterocycles. The van der Waals surface area contributed by atoms with Crippen LogP contribution >= 0.6 is 0 Å². The van der Waals surface area contributed by atoms with E-state index in [1.807, 2.05) is 17.7 Å². The molecule has 7 nitrogen and oxygen atoms in total. The molecule has 3 rings (SSSR count). The van der Waals surface area contributed by atoms with Gasteiger partial charge in [-0.1, -0.05) is 43.3 Å². The lowest BCUT2D eigenvalue weighted by Gasteiger charge is -2.23. The molecule has 7 heteroatoms. The predicted molar refractivity (Wildman–Crippen MR) is 110 cm³/mol. The van der Waals surface area contributed by atoms with Gasteiger partial charge in [-0.2, -0.15) is 0 Å². The van der Waals surface area contributed by atoms with E-state index in [1.54, 1.807) is 0 Å². The highest BCUT2D eigenvalue weighted by molar-refractivity contribution is 5.93. The van der Waals surface area contributed by atoms with Crippen molar-refractivity contribution in [3.8, 4) is 0 Å². The SMILES string of the molecule is CCN(CC)Cc1cccc(CNC(=O)c2nnn(C3CCNCC3)c2C)c1. The summed E-state index contributed by atoms with van der Waals surface area (Å²) in [6.07, 6.45) is 2.04. The van der Waals surface area contributed by atoms with Crippen molar-refractivity contribution in [1.82, 2.24) is 30.5 Å². The van der Waals surface area contributed by atoms with Gasteiger partial charge in [-0.3, -0.25) is 9.69 Å². The molecule has 0 atom stereocenters. The number of hydrogen-bond donors (Lipinski definition) is 2. The van der Waals surface area contributed by atoms with Gasteiger partial charge in [0, 0.05) is 13.1 Å². The van der Waals surface area contributed by atoms with Crippen LogP contribution in [0.4, 0.5) is 0 Å². The number of nitrogens with zero attached hydrogens (tertiary/aromatic N) is 4. The van der Waals surface area contributed by atoms with Crippen LogP contribution in [0.1, 0.15) is 60.0 Å². The molecule has 28 heavy (non-hydrogen) atoms. The molecular weight excluding hydrogens is 352 g/mol. The summed E-state index contributed by atoms with van der Waals surface area (Å²) in [6.45, 7) is 11.7. The van der Waals surface area contributed by atoms with Gasteiger partial charge in [0.2, 0.25) is 0 Å². The minimum absolute atomic E-state index is 0.160. The van der Waals surface area contributed by atoms with Crippen LogP contribution in [0, 0.1) is 6.92 Å². The number of amides is 1. The average Bonchev–Trinajstić information content (AvgIpc) is 3.12. The number of carbonyl (C=O) groups excluding carboxylic acids is 1. The fourth-order valence-electron chi connectivity index (χ4n) is 3.76. The lowest BCUT2D eigenvalue weighted by molar-refractivity contribution is 0.0945. The number of benzene rings is 1. The first-order chi connectivity index (χ1) is 13.6. The summed E-state index contributed by atoms with van der Waals surface area (Å²) in [5, 5.41) is 14.8. The Kier molecular flexibility index (Phi) is 7.17. The Morgan fingerprint density at radius 2 is 1.96 bits per heavy atom. The average molecular weight is 385 g/mol. The van der Waals surface area contributed by atoms with Gasteiger partial charge in [0.1, 0.15) is 0 Å². The summed E-state index contributed by atoms with van der Waals surface area (Å²) in [6, 6.07) is 8.73. The van der Waals surface area contributed by atoms with Gasteiger partial charge in [-0.15, -0.1) is 5.10 Å². The molecule has 2 aromatic rings. The van der Waals surface area contributed by atoms with Crippen molar-refractivity contribution in [2.75, 3.05) is 26.2 Å². The van der Waals surface area contributed by atoms with E-state index >= 15 is 0 Å². The highest BCUT2D eigenvalue weighted by atomic mass is 16.2. The third-order valence-electron chi connectivity index (χ3n) is 5.54. The quantitative estimate of drug-likeness (QED) is 0.730. The Morgan fingerprint density at radius 1 is 1.25 bits per heavy atom. The zero-order valence-corrected chi connectivity index (χ0v) is 17.2. The topological polar surface area (TPSA) is 75.1 Å². The molecule has 1 aliphatic rings. The van der Waals surface area contributed by atoms with Gasteiger partial charge in [0.05, 0.1) is 11.7 Å². The Morgan fingerprint density at radius 3 is 2.68 bits per heavy atom. The first-order valence-electron chi connectivity index (χ1n) is 10.3. The van der Waals surface area contributed by atoms with Gasteiger partial charge < -0.3 is 10.6 Å². The molecule has 2 N–H and O–H groups in total. The maximum absolute atomic E-state index is 12.6. The molecule has 0 saturated carbocycles. The molecule has 0 unspecified atom stereocenters. The molecule has 0 aliphatic carbocycles. The van der Waals surface area contributed by atoms with Crippen molar-refractivity contribution in [3.05, 3.63) is 46.8 Å². The second-order valence-corrected chi connectivity index (χ2v) is 7.41. The Labute approximate surface area is 167 Å². The van der Waals surface area contributed by atoms with E-state index in [0.29, 0.717) is 18.3 Å². The fourth-order valence-corrected chi connectivity index (χ4v) is 3.76. The number of aromatic nitrogens is 3. The first kappa shape index (κ1) is 20.5. The van der Waals surface area contributed by atoms with Gasteiger partial charge in [0.25, 0.3) is 5.91 Å². The summed E-state index contributed by atoms with van der Waals surface area (Å²) in [5.41, 5.74) is 3.64. The smallest absolute Gasteiger partial charge is 0.274 e. The van der Waals surface area contributed by atoms with E-state index in [-0.39, 0.29) is 5.91 Å². The monoisotopic (exact) mass is 384 g/mol. The van der Waals surface area contributed by atoms with Crippen LogP contribution in [0.25, 0.3) is 0 Å². The fraction of sp³-hybridized carbons (Fsp3) is 0.571. The molecule has 0 bridgehead atoms. The van der Waals surface area contributed by atoms with Crippen LogP contribution < -0.4 is 10.6 Å². The minimum Gasteiger partial charge on any atom is -0.347 e. The maximum atomic E-state index is 12.6. The van der Waals surface area contributed by atoms with Crippen molar-refractivity contribution in [1.29, 1.82) is 0 Å². The van der Waals surface area contributed by atoms with E-state index < -0.39 is 0 Å². The summed E-state index contributed by atoms with van der Waals surface area (Å²) < 4.78 is 1.92. The molecule has 1 saturated heterocycles. The van der Waals surface area contributed by atoms with Crippen molar-refractivity contribution in [2.45, 2.75) is 52.7 Å². The van der Waals surface area contributed by atoms with Crippen molar-refractivity contribution < 1.29 is 4.79 Å². The second kappa shape index (κ2) is 9.80. The highest BCUT2D eigenvalue weighted by Crippen LogP contribution is 2.20. The molecule has 0 radical (unpaired) electrons. The largest absolute Gasteiger partial charge is 0.347 e. The Bertz CT molecular complexity index is 777. The number of hydrogen-bond acceptors (Lipinski definition) is 5. The van der Waals surface area contributed by atoms with Crippen molar-refractivity contribution in [3.63, 3.8) is 0 Å². The number of carbonyl (C=O) groups is 1. The number of piperidine rings is 1. The lowest BCUT2D eigenvalue weighted by atomic mass is 10.1. The first-order valence-corrected chi connectivity index (χ1v) is 10.3. The normalized spacial score (nSPS) is 15.1. The molecular formula is C21H32N6O. The van der Waals surface area contributed by atoms with Gasteiger partial charge >= 0.3 is 0 Å². The second-order valence-electron chi connectivity index (χ2n) is 7.41. The van der Waals surface area contributed by atoms with Crippen LogP contribution in [0.2, 0.25) is 0 Å². The Balaban J connectivity index is 1.61. The standard InChI is InChI=1S/C21H32N6O/c1-4-26(5-2)15-18-8-6-7-17(13-18)14-23-21(28)20-16(3)27(25-24-20)19-9-11-22-12-10-19/h6-8,13,19,22H,4-5,9-12,14-15H2,1-3H3,(H,23,28). The van der Waals surface area contributed by atoms with Crippen molar-refractivity contribution >= 4 is 5.91 Å². The van der Waals surface area contributed by atoms with Gasteiger partial charge in [-0.05, 0) is 57.1 Å². The van der Waals surface area contributed by atoms with Crippen LogP contribution in [0.15, 0.2) is 24.3 Å². The summed E-state index contributed by atoms with van der Waals surface area (Å²) in [4.78, 5) is 15.0. The van der Waals surface area contributed by atoms with E-state index in [9.17, 15) is 4.79 Å². The molecule has 0 spiro atoms. The summed E-state index contributed by atoms with van der Waals surface area (Å²) in [7, 11) is 0. The molecule has 1 fully saturated rings. The van der Waals surface area contributed by atoms with Crippen LogP contribution in [0.5, 0.6) is 0 Å². The minimum atomic E-state index is -0.160. The molecule has 1 amide bonds. The molecule has 1 aliphatic heterocycles. The zero-order chi connectivity index (χ0) is 19.9. The van der Waals surface area contributed by atoms with Crippen LogP contribution in [-0.2, 0) is 13.1 Å². The lowest BCUT2D eigenvalue weighted by Crippen LogP contribution is -2.30. The maximum Gasteiger partial charge on any atom is 0.274 e. The van der Waals surface area contributed by atoms with E-state index in [2.05, 4.69) is 57.9 Å². The van der Waals surface area contributed by atoms with Gasteiger partial charge in [-0.25, -0.2) is 4.68 Å².